The van der Waals surface area contributed by atoms with Crippen LogP contribution < -0.4 is 5.32 Å². The van der Waals surface area contributed by atoms with Gasteiger partial charge in [-0.2, -0.15) is 0 Å². The van der Waals surface area contributed by atoms with E-state index in [2.05, 4.69) is 33.2 Å². The number of likely N-dealkylation sites (N-methyl/N-ethyl adjacent to an activating group) is 1. The Kier molecular flexibility index (Phi) is 30.6. The lowest BCUT2D eigenvalue weighted by Crippen LogP contribution is -2.45. The summed E-state index contributed by atoms with van der Waals surface area (Å²) in [5.41, 5.74) is 0. The maximum Gasteiger partial charge on any atom is 0.321 e. The third-order valence-electron chi connectivity index (χ3n) is 5.82. The van der Waals surface area contributed by atoms with Crippen LogP contribution in [0.1, 0.15) is 91.5 Å². The second-order valence-corrected chi connectivity index (χ2v) is 8.64. The van der Waals surface area contributed by atoms with Crippen molar-refractivity contribution in [2.75, 3.05) is 59.8 Å². The van der Waals surface area contributed by atoms with Gasteiger partial charge in [0.15, 0.2) is 5.96 Å². The van der Waals surface area contributed by atoms with Crippen LogP contribution in [0.25, 0.3) is 0 Å². The molecule has 0 radical (unpaired) electrons. The molecule has 2 amide bonds. The number of rotatable bonds is 12. The molecule has 242 valence electrons. The first-order valence-electron chi connectivity index (χ1n) is 12.5. The van der Waals surface area contributed by atoms with Gasteiger partial charge in [-0.1, -0.05) is 58.4 Å². The average molecular weight is 578 g/mol. The lowest BCUT2D eigenvalue weighted by Gasteiger charge is -2.26. The number of carbonyl (C=O) groups is 1. The zero-order valence-electron chi connectivity index (χ0n) is 21.4. The standard InChI is InChI=1S/C18H35N7O2.C5H8O2.6CH4/c1-6-15-10-25(18(27)23(15)5)14-20-12-19-13-24(11-16(26)7-2)17(21-8-3)22-9-4;1(4-2-6-4)5-3-7-5;;;;;;/h15-16,26H,6-11,13-14H2,1-5H3,(H,21,22);4-5H,1-3H2;6*1H4. The maximum absolute atomic E-state index is 12.1. The van der Waals surface area contributed by atoms with Gasteiger partial charge in [-0.3, -0.25) is 4.99 Å². The quantitative estimate of drug-likeness (QED) is 0.185. The number of aliphatic hydroxyl groups is 1. The number of nitrogens with one attached hydrogen (secondary N) is 1. The number of guanidine groups is 1. The second kappa shape index (κ2) is 25.7. The number of aliphatic hydroxyl groups excluding tert-OH is 1. The normalized spacial score (nSPS) is 20.5. The Balaban J connectivity index is -0.000000271. The van der Waals surface area contributed by atoms with E-state index in [-0.39, 0.29) is 70.0 Å². The summed E-state index contributed by atoms with van der Waals surface area (Å²) in [6.07, 6.45) is 3.39. The molecule has 0 spiro atoms. The van der Waals surface area contributed by atoms with Crippen molar-refractivity contribution in [2.45, 2.75) is 116 Å². The number of aliphatic imine (C=N–C) groups is 3. The minimum absolute atomic E-state index is 0. The molecule has 0 saturated carbocycles. The van der Waals surface area contributed by atoms with Gasteiger partial charge in [0.2, 0.25) is 0 Å². The van der Waals surface area contributed by atoms with E-state index in [0.717, 1.165) is 32.6 Å². The molecule has 0 aromatic rings. The van der Waals surface area contributed by atoms with Crippen molar-refractivity contribution in [2.24, 2.45) is 15.0 Å². The summed E-state index contributed by atoms with van der Waals surface area (Å²) in [7, 11) is 1.82. The fourth-order valence-corrected chi connectivity index (χ4v) is 3.51. The predicted molar refractivity (Wildman–Crippen MR) is 173 cm³/mol. The molecule has 2 N–H and O–H groups in total. The molecule has 40 heavy (non-hydrogen) atoms. The van der Waals surface area contributed by atoms with Crippen molar-refractivity contribution in [3.63, 3.8) is 0 Å². The van der Waals surface area contributed by atoms with Crippen LogP contribution in [0, 0.1) is 0 Å². The van der Waals surface area contributed by atoms with Crippen LogP contribution >= 0.6 is 0 Å². The van der Waals surface area contributed by atoms with Gasteiger partial charge in [-0.15, -0.1) is 0 Å². The van der Waals surface area contributed by atoms with Crippen molar-refractivity contribution >= 4 is 18.0 Å². The fraction of sp³-hybridized carbons (Fsp3) is 0.897. The van der Waals surface area contributed by atoms with Gasteiger partial charge < -0.3 is 34.6 Å². The Labute approximate surface area is 248 Å². The summed E-state index contributed by atoms with van der Waals surface area (Å²) in [4.78, 5) is 30.2. The molecule has 4 atom stereocenters. The SMILES string of the molecule is C.C.C.C.C.C.C1OC1CC1CO1.CCN=C(NCC)N(CN=C=NCN1CC(CC)N(C)C1=O)CC(O)CC. The van der Waals surface area contributed by atoms with E-state index >= 15 is 0 Å². The molecule has 3 saturated heterocycles. The molecule has 11 nitrogen and oxygen atoms in total. The summed E-state index contributed by atoms with van der Waals surface area (Å²) in [5.74, 6) is 0.709. The third-order valence-corrected chi connectivity index (χ3v) is 5.82. The first-order valence-corrected chi connectivity index (χ1v) is 12.5. The Morgan fingerprint density at radius 1 is 1.07 bits per heavy atom. The van der Waals surface area contributed by atoms with Crippen molar-refractivity contribution in [1.29, 1.82) is 0 Å². The van der Waals surface area contributed by atoms with E-state index in [4.69, 9.17) is 9.47 Å². The summed E-state index contributed by atoms with van der Waals surface area (Å²) in [6.45, 7) is 12.9. The highest BCUT2D eigenvalue weighted by Gasteiger charge is 2.33. The molecule has 3 aliphatic rings. The molecular formula is C29H67N7O4. The minimum Gasteiger partial charge on any atom is -0.391 e. The van der Waals surface area contributed by atoms with Crippen LogP contribution in [-0.2, 0) is 9.47 Å². The highest BCUT2D eigenvalue weighted by atomic mass is 16.6. The molecule has 0 aliphatic carbocycles. The molecule has 4 unspecified atom stereocenters. The molecule has 0 aromatic heterocycles. The lowest BCUT2D eigenvalue weighted by atomic mass is 10.2. The Bertz CT molecular complexity index is 698. The second-order valence-electron chi connectivity index (χ2n) is 8.64. The molecule has 3 fully saturated rings. The smallest absolute Gasteiger partial charge is 0.321 e. The fourth-order valence-electron chi connectivity index (χ4n) is 3.51. The number of nitrogens with zero attached hydrogens (tertiary/aromatic N) is 6. The number of hydrogen-bond donors (Lipinski definition) is 2. The number of amides is 2. The van der Waals surface area contributed by atoms with E-state index in [1.54, 1.807) is 9.80 Å². The monoisotopic (exact) mass is 578 g/mol. The van der Waals surface area contributed by atoms with Crippen molar-refractivity contribution < 1.29 is 19.4 Å². The van der Waals surface area contributed by atoms with Gasteiger partial charge >= 0.3 is 6.03 Å². The van der Waals surface area contributed by atoms with Crippen molar-refractivity contribution in [3.8, 4) is 0 Å². The van der Waals surface area contributed by atoms with Crippen molar-refractivity contribution in [1.82, 2.24) is 20.0 Å². The first-order chi connectivity index (χ1) is 16.4. The molecule has 3 heterocycles. The number of carbonyl (C=O) groups excluding carboxylic acids is 1. The van der Waals surface area contributed by atoms with Crippen LogP contribution in [0.4, 0.5) is 4.79 Å². The highest BCUT2D eigenvalue weighted by molar-refractivity contribution is 5.80. The molecule has 3 rings (SSSR count). The number of ether oxygens (including phenoxy) is 2. The van der Waals surface area contributed by atoms with Crippen LogP contribution in [-0.4, -0.2) is 122 Å². The predicted octanol–water partition coefficient (Wildman–Crippen LogP) is 5.27. The largest absolute Gasteiger partial charge is 0.391 e. The van der Waals surface area contributed by atoms with E-state index in [0.29, 0.717) is 44.2 Å². The average Bonchev–Trinajstić information content (AvgIpc) is 3.77. The van der Waals surface area contributed by atoms with E-state index in [1.165, 1.54) is 0 Å². The van der Waals surface area contributed by atoms with E-state index in [1.807, 2.05) is 32.7 Å². The lowest BCUT2D eigenvalue weighted by molar-refractivity contribution is 0.138. The first kappa shape index (κ1) is 47.6. The van der Waals surface area contributed by atoms with Gasteiger partial charge in [0.1, 0.15) is 13.3 Å². The zero-order chi connectivity index (χ0) is 24.9. The highest BCUT2D eigenvalue weighted by Crippen LogP contribution is 2.23. The number of urea groups is 1. The summed E-state index contributed by atoms with van der Waals surface area (Å²) >= 11 is 0. The molecule has 3 aliphatic heterocycles. The van der Waals surface area contributed by atoms with Gasteiger partial charge in [0.05, 0.1) is 43.6 Å². The van der Waals surface area contributed by atoms with E-state index < -0.39 is 6.10 Å². The van der Waals surface area contributed by atoms with Crippen molar-refractivity contribution in [3.05, 3.63) is 0 Å². The zero-order valence-corrected chi connectivity index (χ0v) is 21.4. The molecule has 0 aromatic carbocycles. The Hall–Kier alpha value is -2.20. The Morgan fingerprint density at radius 3 is 2.08 bits per heavy atom. The third kappa shape index (κ3) is 17.5. The molecular weight excluding hydrogens is 510 g/mol. The summed E-state index contributed by atoms with van der Waals surface area (Å²) in [6, 6.07) is 2.90. The Morgan fingerprint density at radius 2 is 1.65 bits per heavy atom. The van der Waals surface area contributed by atoms with E-state index in [9.17, 15) is 9.90 Å². The summed E-state index contributed by atoms with van der Waals surface area (Å²) in [5, 5.41) is 13.2. The number of hydrogen-bond acceptors (Lipinski definition) is 7. The maximum atomic E-state index is 12.1. The topological polar surface area (TPSA) is 121 Å². The summed E-state index contributed by atoms with van der Waals surface area (Å²) < 4.78 is 9.96. The van der Waals surface area contributed by atoms with Crippen LogP contribution in [0.5, 0.6) is 0 Å². The number of epoxide rings is 2. The van der Waals surface area contributed by atoms with Gasteiger partial charge in [0, 0.05) is 39.6 Å². The van der Waals surface area contributed by atoms with Gasteiger partial charge in [0.25, 0.3) is 0 Å². The molecule has 0 bridgehead atoms. The van der Waals surface area contributed by atoms with Crippen LogP contribution in [0.2, 0.25) is 0 Å². The van der Waals surface area contributed by atoms with Gasteiger partial charge in [-0.05, 0) is 26.7 Å². The van der Waals surface area contributed by atoms with Crippen LogP contribution in [0.15, 0.2) is 15.0 Å². The molecule has 11 heteroatoms. The van der Waals surface area contributed by atoms with Gasteiger partial charge in [-0.25, -0.2) is 14.8 Å². The van der Waals surface area contributed by atoms with Crippen LogP contribution in [0.3, 0.4) is 0 Å². The minimum atomic E-state index is -0.457.